The molecular formula is C21H16BrN3O4. The van der Waals surface area contributed by atoms with Crippen molar-refractivity contribution in [3.05, 3.63) is 62.4 Å². The highest BCUT2D eigenvalue weighted by atomic mass is 79.9. The Kier molecular flexibility index (Phi) is 4.55. The number of aromatic hydroxyl groups is 1. The summed E-state index contributed by atoms with van der Waals surface area (Å²) in [6, 6.07) is 12.6. The number of benzene rings is 2. The minimum Gasteiger partial charge on any atom is -0.503 e. The third-order valence-corrected chi connectivity index (χ3v) is 5.80. The maximum Gasteiger partial charge on any atom is 0.258 e. The number of fused-ring (bicyclic) bond motifs is 3. The SMILES string of the molecule is COc1cc(C2c3c(c4ccccc4n(C)c3=O)OC(=N)C2C#N)cc(Br)c1O. The smallest absolute Gasteiger partial charge is 0.258 e. The summed E-state index contributed by atoms with van der Waals surface area (Å²) in [5.74, 6) is -1.59. The highest BCUT2D eigenvalue weighted by Gasteiger charge is 2.41. The molecule has 4 rings (SSSR count). The van der Waals surface area contributed by atoms with Crippen molar-refractivity contribution in [1.82, 2.24) is 4.57 Å². The molecule has 1 aliphatic rings. The number of hydrogen-bond donors (Lipinski definition) is 2. The number of halogens is 1. The standard InChI is InChI=1S/C21H16BrN3O4/c1-25-14-6-4-3-5-11(14)19-17(21(25)27)16(12(9-23)20(24)29-19)10-7-13(22)18(26)15(8-10)28-2/h3-8,12,16,24,26H,1-2H3. The zero-order valence-corrected chi connectivity index (χ0v) is 17.1. The van der Waals surface area contributed by atoms with E-state index in [4.69, 9.17) is 14.9 Å². The molecule has 2 atom stereocenters. The summed E-state index contributed by atoms with van der Waals surface area (Å²) >= 11 is 3.29. The number of pyridine rings is 1. The Morgan fingerprint density at radius 2 is 2.07 bits per heavy atom. The Labute approximate surface area is 174 Å². The number of nitrogens with one attached hydrogen (secondary N) is 1. The van der Waals surface area contributed by atoms with Crippen molar-refractivity contribution in [2.45, 2.75) is 5.92 Å². The van der Waals surface area contributed by atoms with Gasteiger partial charge in [-0.3, -0.25) is 10.2 Å². The number of phenolic OH excluding ortho intramolecular Hbond substituents is 1. The van der Waals surface area contributed by atoms with Gasteiger partial charge in [0.2, 0.25) is 5.90 Å². The molecule has 3 aromatic rings. The summed E-state index contributed by atoms with van der Waals surface area (Å²) in [5.41, 5.74) is 1.22. The molecule has 0 bridgehead atoms. The van der Waals surface area contributed by atoms with Crippen molar-refractivity contribution in [3.63, 3.8) is 0 Å². The lowest BCUT2D eigenvalue weighted by Gasteiger charge is -2.31. The first-order chi connectivity index (χ1) is 13.9. The lowest BCUT2D eigenvalue weighted by Crippen LogP contribution is -2.37. The summed E-state index contributed by atoms with van der Waals surface area (Å²) < 4.78 is 12.8. The predicted octanol–water partition coefficient (Wildman–Crippen LogP) is 3.66. The molecule has 29 heavy (non-hydrogen) atoms. The molecule has 0 fully saturated rings. The Hall–Kier alpha value is -3.31. The second kappa shape index (κ2) is 6.94. The maximum atomic E-state index is 13.3. The summed E-state index contributed by atoms with van der Waals surface area (Å²) in [4.78, 5) is 13.3. The molecular weight excluding hydrogens is 438 g/mol. The fourth-order valence-corrected chi connectivity index (χ4v) is 4.25. The van der Waals surface area contributed by atoms with Gasteiger partial charge in [-0.15, -0.1) is 0 Å². The maximum absolute atomic E-state index is 13.3. The van der Waals surface area contributed by atoms with Crippen molar-refractivity contribution < 1.29 is 14.6 Å². The molecule has 2 aromatic carbocycles. The summed E-state index contributed by atoms with van der Waals surface area (Å²) in [6.07, 6.45) is 0. The third kappa shape index (κ3) is 2.77. The molecule has 1 aromatic heterocycles. The topological polar surface area (TPSA) is 108 Å². The van der Waals surface area contributed by atoms with E-state index in [0.717, 1.165) is 0 Å². The monoisotopic (exact) mass is 453 g/mol. The summed E-state index contributed by atoms with van der Waals surface area (Å²) in [5, 5.41) is 28.9. The van der Waals surface area contributed by atoms with Gasteiger partial charge >= 0.3 is 0 Å². The van der Waals surface area contributed by atoms with Crippen LogP contribution in [0.5, 0.6) is 17.2 Å². The minimum atomic E-state index is -1.00. The van der Waals surface area contributed by atoms with Gasteiger partial charge in [-0.2, -0.15) is 5.26 Å². The van der Waals surface area contributed by atoms with Gasteiger partial charge in [-0.1, -0.05) is 12.1 Å². The van der Waals surface area contributed by atoms with Crippen LogP contribution >= 0.6 is 15.9 Å². The number of para-hydroxylation sites is 1. The third-order valence-electron chi connectivity index (χ3n) is 5.20. The van der Waals surface area contributed by atoms with E-state index < -0.39 is 11.8 Å². The van der Waals surface area contributed by atoms with Gasteiger partial charge in [0, 0.05) is 18.4 Å². The molecule has 2 heterocycles. The van der Waals surface area contributed by atoms with Crippen molar-refractivity contribution in [1.29, 1.82) is 10.7 Å². The molecule has 1 aliphatic heterocycles. The highest BCUT2D eigenvalue weighted by molar-refractivity contribution is 9.10. The molecule has 2 unspecified atom stereocenters. The van der Waals surface area contributed by atoms with E-state index >= 15 is 0 Å². The van der Waals surface area contributed by atoms with Crippen LogP contribution in [0.2, 0.25) is 0 Å². The van der Waals surface area contributed by atoms with E-state index in [2.05, 4.69) is 22.0 Å². The van der Waals surface area contributed by atoms with E-state index in [1.807, 2.05) is 18.2 Å². The van der Waals surface area contributed by atoms with E-state index in [0.29, 0.717) is 26.5 Å². The van der Waals surface area contributed by atoms with Crippen LogP contribution in [0.15, 0.2) is 45.7 Å². The van der Waals surface area contributed by atoms with Crippen molar-refractivity contribution in [3.8, 4) is 23.3 Å². The quantitative estimate of drug-likeness (QED) is 0.615. The molecule has 0 saturated carbocycles. The molecule has 0 amide bonds. The minimum absolute atomic E-state index is 0.0847. The van der Waals surface area contributed by atoms with E-state index in [-0.39, 0.29) is 28.7 Å². The zero-order valence-electron chi connectivity index (χ0n) is 15.6. The lowest BCUT2D eigenvalue weighted by atomic mass is 9.79. The van der Waals surface area contributed by atoms with E-state index in [1.165, 1.54) is 11.7 Å². The fourth-order valence-electron chi connectivity index (χ4n) is 3.79. The Morgan fingerprint density at radius 3 is 2.76 bits per heavy atom. The first-order valence-electron chi connectivity index (χ1n) is 8.73. The normalized spacial score (nSPS) is 18.1. The number of aryl methyl sites for hydroxylation is 1. The van der Waals surface area contributed by atoms with Gasteiger partial charge in [0.15, 0.2) is 11.5 Å². The van der Waals surface area contributed by atoms with Gasteiger partial charge in [0.1, 0.15) is 11.7 Å². The average Bonchev–Trinajstić information content (AvgIpc) is 2.73. The van der Waals surface area contributed by atoms with Crippen LogP contribution < -0.4 is 15.0 Å². The Morgan fingerprint density at radius 1 is 1.34 bits per heavy atom. The van der Waals surface area contributed by atoms with Gasteiger partial charge < -0.3 is 19.1 Å². The first-order valence-corrected chi connectivity index (χ1v) is 9.52. The van der Waals surface area contributed by atoms with Gasteiger partial charge in [-0.25, -0.2) is 0 Å². The second-order valence-electron chi connectivity index (χ2n) is 6.73. The average molecular weight is 454 g/mol. The van der Waals surface area contributed by atoms with Gasteiger partial charge in [0.05, 0.1) is 28.7 Å². The largest absolute Gasteiger partial charge is 0.503 e. The molecule has 146 valence electrons. The fraction of sp³-hybridized carbons (Fsp3) is 0.190. The van der Waals surface area contributed by atoms with E-state index in [9.17, 15) is 15.2 Å². The highest BCUT2D eigenvalue weighted by Crippen LogP contribution is 2.46. The lowest BCUT2D eigenvalue weighted by molar-refractivity contribution is 0.370. The van der Waals surface area contributed by atoms with Gasteiger partial charge in [0.25, 0.3) is 5.56 Å². The molecule has 0 saturated heterocycles. The second-order valence-corrected chi connectivity index (χ2v) is 7.58. The summed E-state index contributed by atoms with van der Waals surface area (Å²) in [7, 11) is 3.08. The molecule has 0 radical (unpaired) electrons. The van der Waals surface area contributed by atoms with Crippen molar-refractivity contribution in [2.24, 2.45) is 13.0 Å². The van der Waals surface area contributed by atoms with Crippen LogP contribution in [-0.4, -0.2) is 22.7 Å². The number of methoxy groups -OCH3 is 1. The number of nitrogens with zero attached hydrogens (tertiary/aromatic N) is 2. The summed E-state index contributed by atoms with van der Waals surface area (Å²) in [6.45, 7) is 0. The molecule has 7 nitrogen and oxygen atoms in total. The van der Waals surface area contributed by atoms with Crippen molar-refractivity contribution in [2.75, 3.05) is 7.11 Å². The molecule has 2 N–H and O–H groups in total. The van der Waals surface area contributed by atoms with Crippen LogP contribution in [0, 0.1) is 22.7 Å². The first kappa shape index (κ1) is 19.0. The van der Waals surface area contributed by atoms with Crippen LogP contribution in [0.4, 0.5) is 0 Å². The van der Waals surface area contributed by atoms with Crippen LogP contribution in [-0.2, 0) is 7.05 Å². The van der Waals surface area contributed by atoms with Crippen LogP contribution in [0.1, 0.15) is 17.0 Å². The number of hydrogen-bond acceptors (Lipinski definition) is 6. The van der Waals surface area contributed by atoms with Crippen LogP contribution in [0.3, 0.4) is 0 Å². The molecule has 0 aliphatic carbocycles. The number of phenols is 1. The molecule has 0 spiro atoms. The number of rotatable bonds is 2. The Balaban J connectivity index is 2.11. The van der Waals surface area contributed by atoms with Crippen molar-refractivity contribution >= 4 is 32.7 Å². The van der Waals surface area contributed by atoms with Gasteiger partial charge in [-0.05, 0) is 45.8 Å². The number of aromatic nitrogens is 1. The molecule has 8 heteroatoms. The van der Waals surface area contributed by atoms with E-state index in [1.54, 1.807) is 25.2 Å². The predicted molar refractivity (Wildman–Crippen MR) is 111 cm³/mol. The number of nitriles is 1. The number of ether oxygens (including phenoxy) is 2. The van der Waals surface area contributed by atoms with Crippen LogP contribution in [0.25, 0.3) is 10.9 Å². The zero-order chi connectivity index (χ0) is 20.9. The Bertz CT molecular complexity index is 1280.